The summed E-state index contributed by atoms with van der Waals surface area (Å²) in [5.74, 6) is -0.0340. The van der Waals surface area contributed by atoms with Gasteiger partial charge in [-0.2, -0.15) is 0 Å². The minimum atomic E-state index is -0.0340. The van der Waals surface area contributed by atoms with Crippen molar-refractivity contribution in [3.05, 3.63) is 30.0 Å². The number of carbonyl (C=O) groups is 1. The van der Waals surface area contributed by atoms with Crippen LogP contribution < -0.4 is 11.1 Å². The first kappa shape index (κ1) is 14.0. The highest BCUT2D eigenvalue weighted by Crippen LogP contribution is 2.35. The van der Waals surface area contributed by atoms with E-state index in [9.17, 15) is 4.79 Å². The molecule has 1 atom stereocenters. The van der Waals surface area contributed by atoms with E-state index in [1.54, 1.807) is 0 Å². The minimum Gasteiger partial charge on any atom is -0.397 e. The number of nitrogens with two attached hydrogens (primary N) is 1. The molecule has 1 amide bonds. The zero-order chi connectivity index (χ0) is 15.0. The molecule has 1 unspecified atom stereocenters. The summed E-state index contributed by atoms with van der Waals surface area (Å²) < 4.78 is 0. The van der Waals surface area contributed by atoms with Crippen molar-refractivity contribution in [3.63, 3.8) is 0 Å². The van der Waals surface area contributed by atoms with Crippen LogP contribution in [0, 0.1) is 5.41 Å². The molecule has 1 aliphatic rings. The normalized spacial score (nSPS) is 21.3. The van der Waals surface area contributed by atoms with Crippen LogP contribution in [0.1, 0.15) is 50.0 Å². The van der Waals surface area contributed by atoms with E-state index >= 15 is 0 Å². The summed E-state index contributed by atoms with van der Waals surface area (Å²) in [6.07, 6.45) is 4.53. The fourth-order valence-corrected chi connectivity index (χ4v) is 3.39. The highest BCUT2D eigenvalue weighted by molar-refractivity contribution is 6.00. The maximum Gasteiger partial charge on any atom is 0.267 e. The summed E-state index contributed by atoms with van der Waals surface area (Å²) in [5, 5.41) is 4.14. The maximum absolute atomic E-state index is 12.4. The highest BCUT2D eigenvalue weighted by atomic mass is 16.1. The smallest absolute Gasteiger partial charge is 0.267 e. The van der Waals surface area contributed by atoms with Crippen LogP contribution in [-0.2, 0) is 0 Å². The molecule has 21 heavy (non-hydrogen) atoms. The summed E-state index contributed by atoms with van der Waals surface area (Å²) in [6, 6.07) is 7.84. The first-order chi connectivity index (χ1) is 9.94. The Labute approximate surface area is 125 Å². The van der Waals surface area contributed by atoms with E-state index in [0.717, 1.165) is 23.7 Å². The van der Waals surface area contributed by atoms with Crippen molar-refractivity contribution in [3.8, 4) is 0 Å². The lowest BCUT2D eigenvalue weighted by Gasteiger charge is -2.35. The van der Waals surface area contributed by atoms with Crippen LogP contribution in [0.3, 0.4) is 0 Å². The molecule has 0 aliphatic heterocycles. The van der Waals surface area contributed by atoms with Crippen molar-refractivity contribution in [2.75, 3.05) is 5.73 Å². The number of hydrogen-bond acceptors (Lipinski definition) is 2. The number of nitrogens with one attached hydrogen (secondary N) is 2. The summed E-state index contributed by atoms with van der Waals surface area (Å²) in [5.41, 5.74) is 8.35. The zero-order valence-electron chi connectivity index (χ0n) is 12.7. The molecular formula is C17H23N3O. The second-order valence-corrected chi connectivity index (χ2v) is 6.93. The van der Waals surface area contributed by atoms with Gasteiger partial charge >= 0.3 is 0 Å². The van der Waals surface area contributed by atoms with Gasteiger partial charge < -0.3 is 16.0 Å². The van der Waals surface area contributed by atoms with Crippen molar-refractivity contribution >= 4 is 22.5 Å². The molecule has 112 valence electrons. The number of nitrogen functional groups attached to an aromatic ring is 1. The number of aromatic amines is 1. The van der Waals surface area contributed by atoms with Gasteiger partial charge in [-0.3, -0.25) is 4.79 Å². The van der Waals surface area contributed by atoms with Gasteiger partial charge in [0.15, 0.2) is 0 Å². The monoisotopic (exact) mass is 285 g/mol. The average Bonchev–Trinajstić information content (AvgIpc) is 2.83. The van der Waals surface area contributed by atoms with Gasteiger partial charge in [-0.25, -0.2) is 0 Å². The van der Waals surface area contributed by atoms with Gasteiger partial charge in [0.05, 0.1) is 11.2 Å². The van der Waals surface area contributed by atoms with E-state index < -0.39 is 0 Å². The van der Waals surface area contributed by atoms with Crippen LogP contribution in [0.15, 0.2) is 24.3 Å². The third-order valence-electron chi connectivity index (χ3n) is 4.47. The molecule has 0 bridgehead atoms. The third-order valence-corrected chi connectivity index (χ3v) is 4.47. The Morgan fingerprint density at radius 2 is 2.24 bits per heavy atom. The fourth-order valence-electron chi connectivity index (χ4n) is 3.39. The van der Waals surface area contributed by atoms with E-state index in [2.05, 4.69) is 24.1 Å². The van der Waals surface area contributed by atoms with Crippen molar-refractivity contribution in [1.29, 1.82) is 0 Å². The van der Waals surface area contributed by atoms with Gasteiger partial charge in [0.25, 0.3) is 5.91 Å². The number of amides is 1. The summed E-state index contributed by atoms with van der Waals surface area (Å²) in [4.78, 5) is 15.6. The van der Waals surface area contributed by atoms with Gasteiger partial charge in [0.1, 0.15) is 5.69 Å². The van der Waals surface area contributed by atoms with E-state index in [4.69, 9.17) is 5.73 Å². The Kier molecular flexibility index (Phi) is 3.40. The molecule has 1 aliphatic carbocycles. The number of anilines is 1. The summed E-state index contributed by atoms with van der Waals surface area (Å²) in [7, 11) is 0. The number of aromatic nitrogens is 1. The molecule has 0 spiro atoms. The number of carbonyl (C=O) groups excluding carboxylic acids is 1. The topological polar surface area (TPSA) is 70.9 Å². The van der Waals surface area contributed by atoms with E-state index in [1.807, 2.05) is 24.3 Å². The Morgan fingerprint density at radius 3 is 2.95 bits per heavy atom. The minimum absolute atomic E-state index is 0.0340. The Balaban J connectivity index is 1.76. The summed E-state index contributed by atoms with van der Waals surface area (Å²) >= 11 is 0. The van der Waals surface area contributed by atoms with E-state index in [-0.39, 0.29) is 11.9 Å². The highest BCUT2D eigenvalue weighted by Gasteiger charge is 2.29. The number of rotatable bonds is 2. The third kappa shape index (κ3) is 2.89. The molecule has 2 aromatic rings. The molecule has 1 aromatic heterocycles. The molecule has 1 heterocycles. The van der Waals surface area contributed by atoms with Crippen molar-refractivity contribution in [1.82, 2.24) is 10.3 Å². The van der Waals surface area contributed by atoms with E-state index in [0.29, 0.717) is 16.8 Å². The predicted molar refractivity (Wildman–Crippen MR) is 86.2 cm³/mol. The lowest BCUT2D eigenvalue weighted by Crippen LogP contribution is -2.40. The van der Waals surface area contributed by atoms with Crippen LogP contribution in [0.2, 0.25) is 0 Å². The molecule has 1 fully saturated rings. The summed E-state index contributed by atoms with van der Waals surface area (Å²) in [6.45, 7) is 4.55. The Bertz CT molecular complexity index is 672. The fraction of sp³-hybridized carbons (Fsp3) is 0.471. The van der Waals surface area contributed by atoms with Crippen molar-refractivity contribution < 1.29 is 4.79 Å². The first-order valence-corrected chi connectivity index (χ1v) is 7.63. The van der Waals surface area contributed by atoms with Crippen molar-refractivity contribution in [2.24, 2.45) is 5.41 Å². The lowest BCUT2D eigenvalue weighted by atomic mass is 9.75. The van der Waals surface area contributed by atoms with Crippen LogP contribution >= 0.6 is 0 Å². The Morgan fingerprint density at radius 1 is 1.43 bits per heavy atom. The molecule has 4 nitrogen and oxygen atoms in total. The Hall–Kier alpha value is -1.97. The van der Waals surface area contributed by atoms with Crippen LogP contribution in [0.4, 0.5) is 5.69 Å². The van der Waals surface area contributed by atoms with E-state index in [1.165, 1.54) is 12.8 Å². The van der Waals surface area contributed by atoms with Crippen LogP contribution in [-0.4, -0.2) is 16.9 Å². The van der Waals surface area contributed by atoms with Crippen molar-refractivity contribution in [2.45, 2.75) is 45.6 Å². The second-order valence-electron chi connectivity index (χ2n) is 6.93. The average molecular weight is 285 g/mol. The SMILES string of the molecule is CC1(C)CCCC(NC(=O)c2cc3cccc(N)c3[nH]2)C1. The number of para-hydroxylation sites is 1. The predicted octanol–water partition coefficient (Wildman–Crippen LogP) is 3.45. The van der Waals surface area contributed by atoms with Gasteiger partial charge in [0, 0.05) is 11.4 Å². The maximum atomic E-state index is 12.4. The van der Waals surface area contributed by atoms with Gasteiger partial charge in [0.2, 0.25) is 0 Å². The molecular weight excluding hydrogens is 262 g/mol. The molecule has 3 rings (SSSR count). The molecule has 0 radical (unpaired) electrons. The lowest BCUT2D eigenvalue weighted by molar-refractivity contribution is 0.0898. The standard InChI is InChI=1S/C17H23N3O/c1-17(2)8-4-6-12(10-17)19-16(21)14-9-11-5-3-7-13(18)15(11)20-14/h3,5,7,9,12,20H,4,6,8,10,18H2,1-2H3,(H,19,21). The molecule has 4 heteroatoms. The molecule has 1 saturated carbocycles. The molecule has 1 aromatic carbocycles. The van der Waals surface area contributed by atoms with Gasteiger partial charge in [-0.05, 0) is 36.8 Å². The number of benzene rings is 1. The zero-order valence-corrected chi connectivity index (χ0v) is 12.7. The second kappa shape index (κ2) is 5.10. The van der Waals surface area contributed by atoms with Gasteiger partial charge in [-0.1, -0.05) is 32.4 Å². The number of H-pyrrole nitrogens is 1. The largest absolute Gasteiger partial charge is 0.397 e. The quantitative estimate of drug-likeness (QED) is 0.740. The first-order valence-electron chi connectivity index (χ1n) is 7.63. The number of fused-ring (bicyclic) bond motifs is 1. The van der Waals surface area contributed by atoms with Crippen LogP contribution in [0.25, 0.3) is 10.9 Å². The molecule has 4 N–H and O–H groups in total. The van der Waals surface area contributed by atoms with Gasteiger partial charge in [-0.15, -0.1) is 0 Å². The van der Waals surface area contributed by atoms with Crippen LogP contribution in [0.5, 0.6) is 0 Å². The molecule has 0 saturated heterocycles. The number of hydrogen-bond donors (Lipinski definition) is 3.